The summed E-state index contributed by atoms with van der Waals surface area (Å²) in [7, 11) is 0. The zero-order valence-electron chi connectivity index (χ0n) is 14.1. The lowest BCUT2D eigenvalue weighted by Crippen LogP contribution is -2.39. The minimum absolute atomic E-state index is 0.150. The molecule has 1 atom stereocenters. The molecule has 7 nitrogen and oxygen atoms in total. The van der Waals surface area contributed by atoms with Gasteiger partial charge in [0, 0.05) is 24.7 Å². The SMILES string of the molecule is Oc1cc2c(cc1[C@@H](c1ccc3c(c1)OCO3)N1CCOCC1)OCO2. The van der Waals surface area contributed by atoms with Crippen molar-refractivity contribution in [2.75, 3.05) is 39.9 Å². The lowest BCUT2D eigenvalue weighted by Gasteiger charge is -2.35. The molecule has 0 amide bonds. The molecule has 1 fully saturated rings. The third kappa shape index (κ3) is 2.60. The topological polar surface area (TPSA) is 69.6 Å². The maximum atomic E-state index is 10.7. The summed E-state index contributed by atoms with van der Waals surface area (Å²) in [5, 5.41) is 10.7. The molecule has 0 saturated carbocycles. The van der Waals surface area contributed by atoms with Crippen LogP contribution in [0, 0.1) is 0 Å². The van der Waals surface area contributed by atoms with Gasteiger partial charge in [0.05, 0.1) is 19.3 Å². The van der Waals surface area contributed by atoms with Gasteiger partial charge in [-0.1, -0.05) is 6.07 Å². The van der Waals surface area contributed by atoms with Gasteiger partial charge in [-0.05, 0) is 23.8 Å². The van der Waals surface area contributed by atoms with Crippen LogP contribution in [0.4, 0.5) is 0 Å². The summed E-state index contributed by atoms with van der Waals surface area (Å²) in [6.45, 7) is 3.26. The van der Waals surface area contributed by atoms with E-state index in [4.69, 9.17) is 23.7 Å². The highest BCUT2D eigenvalue weighted by Gasteiger charge is 2.30. The molecular formula is C19H19NO6. The number of phenols is 1. The number of nitrogens with zero attached hydrogens (tertiary/aromatic N) is 1. The largest absolute Gasteiger partial charge is 0.507 e. The van der Waals surface area contributed by atoms with E-state index in [-0.39, 0.29) is 25.4 Å². The van der Waals surface area contributed by atoms with Crippen LogP contribution in [-0.2, 0) is 4.74 Å². The van der Waals surface area contributed by atoms with Crippen LogP contribution in [0.3, 0.4) is 0 Å². The van der Waals surface area contributed by atoms with Gasteiger partial charge in [-0.25, -0.2) is 0 Å². The van der Waals surface area contributed by atoms with Crippen LogP contribution in [-0.4, -0.2) is 49.9 Å². The fourth-order valence-corrected chi connectivity index (χ4v) is 3.67. The van der Waals surface area contributed by atoms with Gasteiger partial charge in [-0.3, -0.25) is 4.90 Å². The number of rotatable bonds is 3. The second-order valence-corrected chi connectivity index (χ2v) is 6.43. The molecule has 0 aromatic heterocycles. The summed E-state index contributed by atoms with van der Waals surface area (Å²) < 4.78 is 27.4. The van der Waals surface area contributed by atoms with Crippen molar-refractivity contribution in [3.05, 3.63) is 41.5 Å². The van der Waals surface area contributed by atoms with Crippen LogP contribution in [0.25, 0.3) is 0 Å². The molecule has 136 valence electrons. The molecular weight excluding hydrogens is 338 g/mol. The van der Waals surface area contributed by atoms with Crippen LogP contribution < -0.4 is 18.9 Å². The predicted molar refractivity (Wildman–Crippen MR) is 91.0 cm³/mol. The van der Waals surface area contributed by atoms with Crippen molar-refractivity contribution in [1.82, 2.24) is 4.90 Å². The lowest BCUT2D eigenvalue weighted by atomic mass is 9.95. The zero-order valence-corrected chi connectivity index (χ0v) is 14.1. The van der Waals surface area contributed by atoms with Crippen molar-refractivity contribution < 1.29 is 28.8 Å². The van der Waals surface area contributed by atoms with Gasteiger partial charge in [-0.15, -0.1) is 0 Å². The second kappa shape index (κ2) is 6.26. The molecule has 3 aliphatic heterocycles. The Bertz CT molecular complexity index is 833. The fourth-order valence-electron chi connectivity index (χ4n) is 3.67. The third-order valence-electron chi connectivity index (χ3n) is 4.94. The number of hydrogen-bond acceptors (Lipinski definition) is 7. The van der Waals surface area contributed by atoms with Crippen molar-refractivity contribution in [2.45, 2.75) is 6.04 Å². The average Bonchev–Trinajstić information content (AvgIpc) is 3.31. The highest BCUT2D eigenvalue weighted by atomic mass is 16.7. The maximum Gasteiger partial charge on any atom is 0.231 e. The highest BCUT2D eigenvalue weighted by Crippen LogP contribution is 2.45. The monoisotopic (exact) mass is 357 g/mol. The van der Waals surface area contributed by atoms with E-state index in [1.807, 2.05) is 24.3 Å². The van der Waals surface area contributed by atoms with Gasteiger partial charge in [0.15, 0.2) is 23.0 Å². The quantitative estimate of drug-likeness (QED) is 0.904. The molecule has 2 aromatic carbocycles. The Balaban J connectivity index is 1.60. The minimum atomic E-state index is -0.150. The van der Waals surface area contributed by atoms with Crippen molar-refractivity contribution >= 4 is 0 Å². The first-order valence-electron chi connectivity index (χ1n) is 8.63. The lowest BCUT2D eigenvalue weighted by molar-refractivity contribution is 0.0235. The van der Waals surface area contributed by atoms with Gasteiger partial charge < -0.3 is 28.8 Å². The van der Waals surface area contributed by atoms with E-state index in [0.717, 1.165) is 35.7 Å². The van der Waals surface area contributed by atoms with Crippen LogP contribution >= 0.6 is 0 Å². The van der Waals surface area contributed by atoms with Crippen LogP contribution in [0.2, 0.25) is 0 Å². The van der Waals surface area contributed by atoms with E-state index in [9.17, 15) is 5.11 Å². The van der Waals surface area contributed by atoms with Gasteiger partial charge in [0.2, 0.25) is 13.6 Å². The molecule has 0 aliphatic carbocycles. The molecule has 5 rings (SSSR count). The van der Waals surface area contributed by atoms with Crippen molar-refractivity contribution in [3.8, 4) is 28.7 Å². The molecule has 2 aromatic rings. The summed E-state index contributed by atoms with van der Waals surface area (Å²) in [5.41, 5.74) is 1.79. The van der Waals surface area contributed by atoms with Crippen molar-refractivity contribution in [2.24, 2.45) is 0 Å². The summed E-state index contributed by atoms with van der Waals surface area (Å²) in [6, 6.07) is 9.24. The number of hydrogen-bond donors (Lipinski definition) is 1. The Kier molecular flexibility index (Phi) is 3.76. The Morgan fingerprint density at radius 2 is 1.46 bits per heavy atom. The Morgan fingerprint density at radius 3 is 2.23 bits per heavy atom. The first-order chi connectivity index (χ1) is 12.8. The summed E-state index contributed by atoms with van der Waals surface area (Å²) in [6.07, 6.45) is 0. The van der Waals surface area contributed by atoms with E-state index in [2.05, 4.69) is 4.90 Å². The second-order valence-electron chi connectivity index (χ2n) is 6.43. The van der Waals surface area contributed by atoms with Crippen LogP contribution in [0.1, 0.15) is 17.2 Å². The van der Waals surface area contributed by atoms with Gasteiger partial charge in [0.25, 0.3) is 0 Å². The van der Waals surface area contributed by atoms with Crippen molar-refractivity contribution in [3.63, 3.8) is 0 Å². The standard InChI is InChI=1S/C19H19NO6/c21-14-9-18-17(25-11-26-18)8-13(14)19(20-3-5-22-6-4-20)12-1-2-15-16(7-12)24-10-23-15/h1-2,7-9,19,21H,3-6,10-11H2/t19-/m1/s1. The smallest absolute Gasteiger partial charge is 0.231 e. The van der Waals surface area contributed by atoms with E-state index < -0.39 is 0 Å². The molecule has 1 saturated heterocycles. The van der Waals surface area contributed by atoms with Gasteiger partial charge in [0.1, 0.15) is 5.75 Å². The van der Waals surface area contributed by atoms with Crippen LogP contribution in [0.5, 0.6) is 28.7 Å². The van der Waals surface area contributed by atoms with E-state index in [1.54, 1.807) is 6.07 Å². The normalized spacial score (nSPS) is 19.5. The number of aromatic hydroxyl groups is 1. The first kappa shape index (κ1) is 15.6. The number of ether oxygens (including phenoxy) is 5. The third-order valence-corrected chi connectivity index (χ3v) is 4.94. The van der Waals surface area contributed by atoms with E-state index in [0.29, 0.717) is 24.7 Å². The highest BCUT2D eigenvalue weighted by molar-refractivity contribution is 5.55. The number of phenolic OH excluding ortho intramolecular Hbond substituents is 1. The average molecular weight is 357 g/mol. The Morgan fingerprint density at radius 1 is 0.808 bits per heavy atom. The fraction of sp³-hybridized carbons (Fsp3) is 0.368. The summed E-state index contributed by atoms with van der Waals surface area (Å²) in [5.74, 6) is 2.86. The molecule has 0 unspecified atom stereocenters. The number of morpholine rings is 1. The molecule has 3 aliphatic rings. The Labute approximate surface area is 150 Å². The summed E-state index contributed by atoms with van der Waals surface area (Å²) >= 11 is 0. The number of fused-ring (bicyclic) bond motifs is 2. The molecule has 3 heterocycles. The minimum Gasteiger partial charge on any atom is -0.507 e. The van der Waals surface area contributed by atoms with Crippen LogP contribution in [0.15, 0.2) is 30.3 Å². The molecule has 0 bridgehead atoms. The van der Waals surface area contributed by atoms with Gasteiger partial charge in [-0.2, -0.15) is 0 Å². The molecule has 0 spiro atoms. The molecule has 7 heteroatoms. The first-order valence-corrected chi connectivity index (χ1v) is 8.63. The number of benzene rings is 2. The molecule has 1 N–H and O–H groups in total. The predicted octanol–water partition coefficient (Wildman–Crippen LogP) is 2.27. The van der Waals surface area contributed by atoms with E-state index >= 15 is 0 Å². The molecule has 26 heavy (non-hydrogen) atoms. The molecule has 0 radical (unpaired) electrons. The maximum absolute atomic E-state index is 10.7. The van der Waals surface area contributed by atoms with Gasteiger partial charge >= 0.3 is 0 Å². The van der Waals surface area contributed by atoms with E-state index in [1.165, 1.54) is 0 Å². The zero-order chi connectivity index (χ0) is 17.5. The Hall–Kier alpha value is -2.64. The summed E-state index contributed by atoms with van der Waals surface area (Å²) in [4.78, 5) is 2.29. The van der Waals surface area contributed by atoms with Crippen molar-refractivity contribution in [1.29, 1.82) is 0 Å².